The summed E-state index contributed by atoms with van der Waals surface area (Å²) < 4.78 is 38.6. The summed E-state index contributed by atoms with van der Waals surface area (Å²) in [4.78, 5) is 32.7. The number of hydrogen-bond acceptors (Lipinski definition) is 7. The summed E-state index contributed by atoms with van der Waals surface area (Å²) in [6.45, 7) is 9.96. The topological polar surface area (TPSA) is 121 Å². The van der Waals surface area contributed by atoms with E-state index >= 15 is 0 Å². The Labute approximate surface area is 289 Å². The Hall–Kier alpha value is -3.77. The van der Waals surface area contributed by atoms with E-state index in [-0.39, 0.29) is 22.9 Å². The average Bonchev–Trinajstić information content (AvgIpc) is 3.12. The number of carbonyl (C=O) groups is 1. The second kappa shape index (κ2) is 15.4. The Kier molecular flexibility index (Phi) is 11.0. The van der Waals surface area contributed by atoms with Crippen LogP contribution in [0, 0.1) is 13.8 Å². The molecule has 0 radical (unpaired) electrons. The van der Waals surface area contributed by atoms with Crippen LogP contribution in [-0.4, -0.2) is 75.7 Å². The second-order valence-corrected chi connectivity index (χ2v) is 15.1. The standard InChI is InChI=1S/C38H48N4O6S/c1-4-42(30-15-19-47-20-16-30)36-24-29(10-9-28-11-13-31(14-12-28)49(45,46)41-17-21-48-22-18-41)23-33(27(36)3)37(43)39-25-34-26(2)32-7-5-6-8-35(32)40-38(34)44/h9-14,23-24,30H,4-8,15-22,25H2,1-3H3,(H,39,43)(H,40,44)/b10-9+. The van der Waals surface area contributed by atoms with Crippen molar-refractivity contribution in [1.29, 1.82) is 0 Å². The van der Waals surface area contributed by atoms with Crippen LogP contribution in [0.4, 0.5) is 5.69 Å². The van der Waals surface area contributed by atoms with Crippen LogP contribution in [0.5, 0.6) is 0 Å². The van der Waals surface area contributed by atoms with Gasteiger partial charge in [-0.3, -0.25) is 9.59 Å². The number of aromatic amines is 1. The molecular weight excluding hydrogens is 641 g/mol. The molecule has 0 atom stereocenters. The summed E-state index contributed by atoms with van der Waals surface area (Å²) in [6, 6.07) is 11.2. The van der Waals surface area contributed by atoms with Gasteiger partial charge in [-0.2, -0.15) is 4.31 Å². The first-order valence-electron chi connectivity index (χ1n) is 17.5. The van der Waals surface area contributed by atoms with Gasteiger partial charge in [0.1, 0.15) is 0 Å². The molecule has 1 aliphatic carbocycles. The summed E-state index contributed by atoms with van der Waals surface area (Å²) in [5, 5.41) is 3.07. The van der Waals surface area contributed by atoms with Crippen LogP contribution in [0.25, 0.3) is 12.2 Å². The van der Waals surface area contributed by atoms with Crippen LogP contribution < -0.4 is 15.8 Å². The van der Waals surface area contributed by atoms with Crippen LogP contribution in [0.3, 0.4) is 0 Å². The summed E-state index contributed by atoms with van der Waals surface area (Å²) in [6.07, 6.45) is 9.73. The molecule has 0 spiro atoms. The van der Waals surface area contributed by atoms with Gasteiger partial charge < -0.3 is 24.7 Å². The van der Waals surface area contributed by atoms with E-state index in [4.69, 9.17) is 9.47 Å². The number of amides is 1. The van der Waals surface area contributed by atoms with Crippen molar-refractivity contribution in [2.24, 2.45) is 0 Å². The van der Waals surface area contributed by atoms with E-state index in [1.807, 2.05) is 32.1 Å². The Balaban J connectivity index is 1.28. The van der Waals surface area contributed by atoms with Gasteiger partial charge in [0.2, 0.25) is 10.0 Å². The van der Waals surface area contributed by atoms with Gasteiger partial charge in [-0.1, -0.05) is 24.3 Å². The number of aryl methyl sites for hydroxylation is 1. The largest absolute Gasteiger partial charge is 0.381 e. The van der Waals surface area contributed by atoms with Crippen LogP contribution in [-0.2, 0) is 38.9 Å². The fourth-order valence-electron chi connectivity index (χ4n) is 7.35. The number of anilines is 1. The van der Waals surface area contributed by atoms with Crippen molar-refractivity contribution in [2.75, 3.05) is 51.0 Å². The highest BCUT2D eigenvalue weighted by atomic mass is 32.2. The fourth-order valence-corrected chi connectivity index (χ4v) is 8.76. The van der Waals surface area contributed by atoms with E-state index in [2.05, 4.69) is 28.2 Å². The lowest BCUT2D eigenvalue weighted by atomic mass is 9.90. The van der Waals surface area contributed by atoms with E-state index < -0.39 is 10.0 Å². The number of ether oxygens (including phenoxy) is 2. The summed E-state index contributed by atoms with van der Waals surface area (Å²) >= 11 is 0. The maximum Gasteiger partial charge on any atom is 0.253 e. The smallest absolute Gasteiger partial charge is 0.253 e. The molecule has 2 saturated heterocycles. The number of nitrogens with one attached hydrogen (secondary N) is 2. The Morgan fingerprint density at radius 1 is 0.959 bits per heavy atom. The van der Waals surface area contributed by atoms with Gasteiger partial charge >= 0.3 is 0 Å². The number of hydrogen-bond donors (Lipinski definition) is 2. The molecule has 6 rings (SSSR count). The van der Waals surface area contributed by atoms with Crippen molar-refractivity contribution in [1.82, 2.24) is 14.6 Å². The number of sulfonamides is 1. The monoisotopic (exact) mass is 688 g/mol. The highest BCUT2D eigenvalue weighted by Crippen LogP contribution is 2.31. The quantitative estimate of drug-likeness (QED) is 0.288. The highest BCUT2D eigenvalue weighted by molar-refractivity contribution is 7.89. The molecule has 3 aromatic rings. The number of rotatable bonds is 10. The third kappa shape index (κ3) is 7.70. The molecule has 3 heterocycles. The third-order valence-electron chi connectivity index (χ3n) is 10.2. The van der Waals surface area contributed by atoms with Gasteiger partial charge in [-0.15, -0.1) is 0 Å². The van der Waals surface area contributed by atoms with Gasteiger partial charge in [0.25, 0.3) is 11.5 Å². The fraction of sp³-hybridized carbons (Fsp3) is 0.474. The molecule has 2 aromatic carbocycles. The average molecular weight is 689 g/mol. The van der Waals surface area contributed by atoms with Gasteiger partial charge in [0.15, 0.2) is 0 Å². The number of fused-ring (bicyclic) bond motifs is 1. The zero-order valence-corrected chi connectivity index (χ0v) is 29.7. The minimum atomic E-state index is -3.58. The summed E-state index contributed by atoms with van der Waals surface area (Å²) in [7, 11) is -3.58. The van der Waals surface area contributed by atoms with Gasteiger partial charge in [0.05, 0.1) is 18.1 Å². The SMILES string of the molecule is CCN(c1cc(/C=C/c2ccc(S(=O)(=O)N3CCOCC3)cc2)cc(C(=O)NCc2c(C)c3c([nH]c2=O)CCCC3)c1C)C1CCOCC1. The van der Waals surface area contributed by atoms with Crippen molar-refractivity contribution in [3.63, 3.8) is 0 Å². The van der Waals surface area contributed by atoms with Crippen molar-refractivity contribution in [3.05, 3.63) is 91.4 Å². The van der Waals surface area contributed by atoms with Crippen molar-refractivity contribution in [2.45, 2.75) is 76.8 Å². The molecule has 49 heavy (non-hydrogen) atoms. The molecule has 1 aromatic heterocycles. The van der Waals surface area contributed by atoms with Crippen LogP contribution in [0.15, 0.2) is 46.1 Å². The lowest BCUT2D eigenvalue weighted by molar-refractivity contribution is 0.0730. The normalized spacial score (nSPS) is 17.6. The molecule has 10 nitrogen and oxygen atoms in total. The first-order valence-corrected chi connectivity index (χ1v) is 19.0. The molecule has 0 unspecified atom stereocenters. The predicted octanol–water partition coefficient (Wildman–Crippen LogP) is 5.00. The molecule has 2 N–H and O–H groups in total. The molecular formula is C38H48N4O6S. The number of nitrogens with zero attached hydrogens (tertiary/aromatic N) is 2. The predicted molar refractivity (Wildman–Crippen MR) is 193 cm³/mol. The Bertz CT molecular complexity index is 1860. The molecule has 11 heteroatoms. The van der Waals surface area contributed by atoms with Crippen molar-refractivity contribution < 1.29 is 22.7 Å². The minimum Gasteiger partial charge on any atom is -0.381 e. The van der Waals surface area contributed by atoms with E-state index in [9.17, 15) is 18.0 Å². The van der Waals surface area contributed by atoms with E-state index in [0.717, 1.165) is 78.7 Å². The van der Waals surface area contributed by atoms with Gasteiger partial charge in [-0.05, 0) is 111 Å². The lowest BCUT2D eigenvalue weighted by Crippen LogP contribution is -2.40. The first kappa shape index (κ1) is 35.1. The molecule has 262 valence electrons. The third-order valence-corrected chi connectivity index (χ3v) is 12.1. The van der Waals surface area contributed by atoms with Gasteiger partial charge in [0, 0.05) is 67.9 Å². The van der Waals surface area contributed by atoms with Crippen LogP contribution in [0.2, 0.25) is 0 Å². The zero-order valence-electron chi connectivity index (χ0n) is 28.8. The molecule has 3 aliphatic rings. The number of carbonyl (C=O) groups excluding carboxylic acids is 1. The number of H-pyrrole nitrogens is 1. The number of aromatic nitrogens is 1. The molecule has 2 aliphatic heterocycles. The highest BCUT2D eigenvalue weighted by Gasteiger charge is 2.27. The zero-order chi connectivity index (χ0) is 34.5. The summed E-state index contributed by atoms with van der Waals surface area (Å²) in [5.74, 6) is -0.230. The number of benzene rings is 2. The molecule has 0 bridgehead atoms. The lowest BCUT2D eigenvalue weighted by Gasteiger charge is -2.36. The maximum absolute atomic E-state index is 13.9. The Morgan fingerprint density at radius 3 is 2.35 bits per heavy atom. The number of morpholine rings is 1. The van der Waals surface area contributed by atoms with E-state index in [0.29, 0.717) is 56.7 Å². The number of pyridine rings is 1. The van der Waals surface area contributed by atoms with E-state index in [1.165, 1.54) is 9.87 Å². The van der Waals surface area contributed by atoms with Gasteiger partial charge in [-0.25, -0.2) is 8.42 Å². The Morgan fingerprint density at radius 2 is 1.63 bits per heavy atom. The molecule has 2 fully saturated rings. The molecule has 1 amide bonds. The van der Waals surface area contributed by atoms with Crippen molar-refractivity contribution in [3.8, 4) is 0 Å². The molecule has 0 saturated carbocycles. The second-order valence-electron chi connectivity index (χ2n) is 13.2. The minimum absolute atomic E-state index is 0.131. The van der Waals surface area contributed by atoms with Crippen LogP contribution >= 0.6 is 0 Å². The van der Waals surface area contributed by atoms with Crippen molar-refractivity contribution >= 4 is 33.8 Å². The first-order chi connectivity index (χ1) is 23.7. The maximum atomic E-state index is 13.9. The van der Waals surface area contributed by atoms with Crippen LogP contribution in [0.1, 0.15) is 82.0 Å². The van der Waals surface area contributed by atoms with E-state index in [1.54, 1.807) is 24.3 Å². The summed E-state index contributed by atoms with van der Waals surface area (Å²) in [5.41, 5.74) is 7.83.